The standard InChI is InChI=1S/C19H21N3O4S2/c1-3-21(4-2)28(25,26)15-11-9-14(10-12-15)20-18(23)13-22-19(24)16-7-5-6-8-17(16)27-22/h5-12H,3-4,13H2,1-2H3,(H,20,23). The van der Waals surface area contributed by atoms with E-state index in [0.29, 0.717) is 24.2 Å². The van der Waals surface area contributed by atoms with Crippen LogP contribution < -0.4 is 10.9 Å². The van der Waals surface area contributed by atoms with Crippen molar-refractivity contribution in [2.75, 3.05) is 18.4 Å². The molecule has 0 bridgehead atoms. The fourth-order valence-corrected chi connectivity index (χ4v) is 5.33. The van der Waals surface area contributed by atoms with Crippen molar-refractivity contribution in [2.45, 2.75) is 25.3 Å². The summed E-state index contributed by atoms with van der Waals surface area (Å²) in [6, 6.07) is 13.2. The lowest BCUT2D eigenvalue weighted by Crippen LogP contribution is -2.30. The summed E-state index contributed by atoms with van der Waals surface area (Å²) in [5.74, 6) is -0.354. The normalized spacial score (nSPS) is 11.8. The molecule has 1 heterocycles. The molecule has 0 spiro atoms. The van der Waals surface area contributed by atoms with E-state index in [-0.39, 0.29) is 22.9 Å². The highest BCUT2D eigenvalue weighted by molar-refractivity contribution is 7.89. The number of hydrogen-bond acceptors (Lipinski definition) is 5. The number of amides is 1. The monoisotopic (exact) mass is 419 g/mol. The zero-order valence-electron chi connectivity index (χ0n) is 15.6. The van der Waals surface area contributed by atoms with E-state index < -0.39 is 10.0 Å². The SMILES string of the molecule is CCN(CC)S(=O)(=O)c1ccc(NC(=O)Cn2sc3ccccc3c2=O)cc1. The lowest BCUT2D eigenvalue weighted by atomic mass is 10.3. The molecular formula is C19H21N3O4S2. The maximum absolute atomic E-state index is 12.5. The van der Waals surface area contributed by atoms with Crippen LogP contribution in [0.4, 0.5) is 5.69 Å². The first-order chi connectivity index (χ1) is 13.4. The van der Waals surface area contributed by atoms with Gasteiger partial charge in [0.05, 0.1) is 15.0 Å². The molecule has 0 fully saturated rings. The molecule has 1 N–H and O–H groups in total. The van der Waals surface area contributed by atoms with Gasteiger partial charge < -0.3 is 5.32 Å². The molecule has 0 aliphatic heterocycles. The van der Waals surface area contributed by atoms with Crippen molar-refractivity contribution in [1.29, 1.82) is 0 Å². The second kappa shape index (κ2) is 8.26. The van der Waals surface area contributed by atoms with Crippen LogP contribution in [-0.4, -0.2) is 35.7 Å². The Kier molecular flexibility index (Phi) is 5.97. The fraction of sp³-hybridized carbons (Fsp3) is 0.263. The van der Waals surface area contributed by atoms with Crippen molar-refractivity contribution in [3.8, 4) is 0 Å². The topological polar surface area (TPSA) is 88.5 Å². The molecule has 0 atom stereocenters. The van der Waals surface area contributed by atoms with Gasteiger partial charge in [0, 0.05) is 18.8 Å². The van der Waals surface area contributed by atoms with Crippen molar-refractivity contribution in [3.05, 3.63) is 58.9 Å². The summed E-state index contributed by atoms with van der Waals surface area (Å²) in [4.78, 5) is 24.8. The maximum atomic E-state index is 12.5. The van der Waals surface area contributed by atoms with Gasteiger partial charge in [0.15, 0.2) is 0 Å². The van der Waals surface area contributed by atoms with Gasteiger partial charge >= 0.3 is 0 Å². The molecule has 0 aliphatic rings. The third-order valence-electron chi connectivity index (χ3n) is 4.32. The van der Waals surface area contributed by atoms with E-state index in [2.05, 4.69) is 5.32 Å². The van der Waals surface area contributed by atoms with Gasteiger partial charge in [-0.3, -0.25) is 13.5 Å². The van der Waals surface area contributed by atoms with Crippen LogP contribution in [-0.2, 0) is 21.4 Å². The molecule has 7 nitrogen and oxygen atoms in total. The predicted molar refractivity (Wildman–Crippen MR) is 111 cm³/mol. The van der Waals surface area contributed by atoms with Crippen molar-refractivity contribution in [2.24, 2.45) is 0 Å². The highest BCUT2D eigenvalue weighted by atomic mass is 32.2. The smallest absolute Gasteiger partial charge is 0.268 e. The van der Waals surface area contributed by atoms with Gasteiger partial charge in [-0.1, -0.05) is 37.5 Å². The number of sulfonamides is 1. The minimum atomic E-state index is -3.54. The number of fused-ring (bicyclic) bond motifs is 1. The molecule has 148 valence electrons. The molecular weight excluding hydrogens is 398 g/mol. The predicted octanol–water partition coefficient (Wildman–Crippen LogP) is 2.73. The third-order valence-corrected chi connectivity index (χ3v) is 7.45. The molecule has 0 unspecified atom stereocenters. The van der Waals surface area contributed by atoms with Crippen LogP contribution in [0.5, 0.6) is 0 Å². The Morgan fingerprint density at radius 1 is 1.07 bits per heavy atom. The van der Waals surface area contributed by atoms with Crippen molar-refractivity contribution in [3.63, 3.8) is 0 Å². The number of carbonyl (C=O) groups is 1. The Bertz CT molecular complexity index is 1140. The Morgan fingerprint density at radius 3 is 2.32 bits per heavy atom. The molecule has 3 rings (SSSR count). The van der Waals surface area contributed by atoms with Crippen LogP contribution in [0.3, 0.4) is 0 Å². The second-order valence-corrected chi connectivity index (χ2v) is 9.09. The molecule has 2 aromatic carbocycles. The molecule has 1 amide bonds. The average Bonchev–Trinajstić information content (AvgIpc) is 2.98. The van der Waals surface area contributed by atoms with Gasteiger partial charge in [-0.25, -0.2) is 8.42 Å². The van der Waals surface area contributed by atoms with Crippen LogP contribution >= 0.6 is 11.5 Å². The summed E-state index contributed by atoms with van der Waals surface area (Å²) in [5, 5.41) is 3.29. The fourth-order valence-electron chi connectivity index (χ4n) is 2.88. The molecule has 28 heavy (non-hydrogen) atoms. The van der Waals surface area contributed by atoms with Gasteiger partial charge in [-0.05, 0) is 36.4 Å². The van der Waals surface area contributed by atoms with Gasteiger partial charge in [0.1, 0.15) is 6.54 Å². The van der Waals surface area contributed by atoms with Gasteiger partial charge in [-0.15, -0.1) is 0 Å². The number of hydrogen-bond donors (Lipinski definition) is 1. The lowest BCUT2D eigenvalue weighted by molar-refractivity contribution is -0.116. The Morgan fingerprint density at radius 2 is 1.71 bits per heavy atom. The van der Waals surface area contributed by atoms with Gasteiger partial charge in [0.25, 0.3) is 5.56 Å². The summed E-state index contributed by atoms with van der Waals surface area (Å²) >= 11 is 1.24. The molecule has 0 aliphatic carbocycles. The van der Waals surface area contributed by atoms with Crippen LogP contribution in [0.25, 0.3) is 10.1 Å². The summed E-state index contributed by atoms with van der Waals surface area (Å²) in [7, 11) is -3.54. The largest absolute Gasteiger partial charge is 0.325 e. The number of benzene rings is 2. The zero-order valence-corrected chi connectivity index (χ0v) is 17.2. The number of anilines is 1. The lowest BCUT2D eigenvalue weighted by Gasteiger charge is -2.18. The molecule has 1 aromatic heterocycles. The summed E-state index contributed by atoms with van der Waals surface area (Å²) in [5.41, 5.74) is 0.272. The molecule has 9 heteroatoms. The van der Waals surface area contributed by atoms with E-state index in [4.69, 9.17) is 0 Å². The van der Waals surface area contributed by atoms with E-state index in [1.54, 1.807) is 38.1 Å². The van der Waals surface area contributed by atoms with Crippen molar-refractivity contribution in [1.82, 2.24) is 8.26 Å². The number of carbonyl (C=O) groups excluding carboxylic acids is 1. The second-order valence-electron chi connectivity index (χ2n) is 6.09. The average molecular weight is 420 g/mol. The number of nitrogens with one attached hydrogen (secondary N) is 1. The first-order valence-electron chi connectivity index (χ1n) is 8.85. The highest BCUT2D eigenvalue weighted by Crippen LogP contribution is 2.19. The molecule has 0 radical (unpaired) electrons. The summed E-state index contributed by atoms with van der Waals surface area (Å²) in [6.07, 6.45) is 0. The van der Waals surface area contributed by atoms with Crippen molar-refractivity contribution >= 4 is 43.2 Å². The minimum absolute atomic E-state index is 0.0995. The Labute approximate surface area is 167 Å². The third kappa shape index (κ3) is 4.01. The van der Waals surface area contributed by atoms with Crippen LogP contribution in [0.1, 0.15) is 13.8 Å². The number of aromatic nitrogens is 1. The number of rotatable bonds is 7. The van der Waals surface area contributed by atoms with E-state index in [1.165, 1.54) is 31.9 Å². The van der Waals surface area contributed by atoms with E-state index in [1.807, 2.05) is 12.1 Å². The maximum Gasteiger partial charge on any atom is 0.268 e. The van der Waals surface area contributed by atoms with Crippen LogP contribution in [0, 0.1) is 0 Å². The Hall–Kier alpha value is -2.49. The highest BCUT2D eigenvalue weighted by Gasteiger charge is 2.21. The summed E-state index contributed by atoms with van der Waals surface area (Å²) < 4.78 is 28.6. The quantitative estimate of drug-likeness (QED) is 0.638. The van der Waals surface area contributed by atoms with Crippen LogP contribution in [0.15, 0.2) is 58.2 Å². The van der Waals surface area contributed by atoms with E-state index >= 15 is 0 Å². The van der Waals surface area contributed by atoms with Gasteiger partial charge in [0.2, 0.25) is 15.9 Å². The minimum Gasteiger partial charge on any atom is -0.325 e. The van der Waals surface area contributed by atoms with Gasteiger partial charge in [-0.2, -0.15) is 4.31 Å². The number of nitrogens with zero attached hydrogens (tertiary/aromatic N) is 2. The van der Waals surface area contributed by atoms with E-state index in [0.717, 1.165) is 4.70 Å². The summed E-state index contributed by atoms with van der Waals surface area (Å²) in [6.45, 7) is 4.25. The molecule has 3 aromatic rings. The molecule has 0 saturated heterocycles. The molecule has 0 saturated carbocycles. The zero-order chi connectivity index (χ0) is 20.3. The van der Waals surface area contributed by atoms with Crippen LogP contribution in [0.2, 0.25) is 0 Å². The van der Waals surface area contributed by atoms with E-state index in [9.17, 15) is 18.0 Å². The Balaban J connectivity index is 1.72. The van der Waals surface area contributed by atoms with Crippen molar-refractivity contribution < 1.29 is 13.2 Å². The first-order valence-corrected chi connectivity index (χ1v) is 11.1. The first kappa shape index (κ1) is 20.2.